The maximum absolute atomic E-state index is 5.90. The van der Waals surface area contributed by atoms with E-state index in [-0.39, 0.29) is 11.0 Å². The largest absolute Gasteiger partial charge is 0.487 e. The van der Waals surface area contributed by atoms with Gasteiger partial charge in [-0.05, 0) is 36.5 Å². The fraction of sp³-hybridized carbons (Fsp3) is 0.600. The third-order valence-electron chi connectivity index (χ3n) is 3.14. The Hall–Kier alpha value is -0.500. The highest BCUT2D eigenvalue weighted by Gasteiger charge is 2.31. The van der Waals surface area contributed by atoms with Crippen molar-refractivity contribution in [3.8, 4) is 5.75 Å². The average molecular weight is 297 g/mol. The van der Waals surface area contributed by atoms with Crippen molar-refractivity contribution in [2.75, 3.05) is 0 Å². The number of alkyl halides is 1. The molecule has 0 aromatic heterocycles. The number of hydrogen-bond acceptors (Lipinski definition) is 1. The smallest absolute Gasteiger partial charge is 0.123 e. The van der Waals surface area contributed by atoms with Crippen molar-refractivity contribution in [2.24, 2.45) is 5.41 Å². The van der Waals surface area contributed by atoms with Crippen LogP contribution in [0.4, 0.5) is 0 Å². The van der Waals surface area contributed by atoms with Gasteiger partial charge in [0.15, 0.2) is 0 Å². The van der Waals surface area contributed by atoms with Crippen molar-refractivity contribution >= 4 is 15.9 Å². The van der Waals surface area contributed by atoms with Crippen LogP contribution in [0.25, 0.3) is 0 Å². The molecule has 0 radical (unpaired) electrons. The minimum absolute atomic E-state index is 0.0511. The van der Waals surface area contributed by atoms with Crippen molar-refractivity contribution in [1.29, 1.82) is 0 Å². The molecule has 1 atom stereocenters. The Balaban J connectivity index is 2.31. The molecule has 2 heteroatoms. The van der Waals surface area contributed by atoms with Gasteiger partial charge in [0, 0.05) is 11.2 Å². The molecule has 1 aliphatic heterocycles. The lowest BCUT2D eigenvalue weighted by molar-refractivity contribution is 0.138. The van der Waals surface area contributed by atoms with Gasteiger partial charge < -0.3 is 4.74 Å². The molecule has 94 valence electrons. The number of halogens is 1. The molecule has 0 saturated heterocycles. The van der Waals surface area contributed by atoms with Crippen LogP contribution in [0.3, 0.4) is 0 Å². The lowest BCUT2D eigenvalue weighted by Crippen LogP contribution is -2.24. The van der Waals surface area contributed by atoms with E-state index in [2.05, 4.69) is 68.7 Å². The SMILES string of the molecule is CC1(C)Cc2cc(C(Br)C(C)(C)C)ccc2O1. The fourth-order valence-electron chi connectivity index (χ4n) is 2.29. The first-order valence-electron chi connectivity index (χ1n) is 6.15. The topological polar surface area (TPSA) is 9.23 Å². The Labute approximate surface area is 113 Å². The summed E-state index contributed by atoms with van der Waals surface area (Å²) in [6, 6.07) is 6.57. The lowest BCUT2D eigenvalue weighted by Gasteiger charge is -2.26. The maximum Gasteiger partial charge on any atom is 0.123 e. The van der Waals surface area contributed by atoms with E-state index < -0.39 is 0 Å². The van der Waals surface area contributed by atoms with E-state index in [0.29, 0.717) is 4.83 Å². The summed E-state index contributed by atoms with van der Waals surface area (Å²) in [6.45, 7) is 11.0. The van der Waals surface area contributed by atoms with E-state index in [9.17, 15) is 0 Å². The predicted octanol–water partition coefficient (Wildman–Crippen LogP) is 4.88. The van der Waals surface area contributed by atoms with Crippen LogP contribution in [0.1, 0.15) is 50.6 Å². The van der Waals surface area contributed by atoms with Crippen LogP contribution < -0.4 is 4.74 Å². The normalized spacial score (nSPS) is 19.6. The number of rotatable bonds is 1. The monoisotopic (exact) mass is 296 g/mol. The van der Waals surface area contributed by atoms with Gasteiger partial charge in [-0.15, -0.1) is 0 Å². The van der Waals surface area contributed by atoms with Crippen molar-refractivity contribution < 1.29 is 4.74 Å². The Morgan fingerprint density at radius 1 is 1.29 bits per heavy atom. The second-order valence-corrected chi connectivity index (χ2v) is 7.55. The van der Waals surface area contributed by atoms with Crippen LogP contribution in [0.5, 0.6) is 5.75 Å². The molecule has 1 aromatic rings. The molecule has 1 aliphatic rings. The summed E-state index contributed by atoms with van der Waals surface area (Å²) < 4.78 is 5.90. The van der Waals surface area contributed by atoms with Crippen molar-refractivity contribution in [3.63, 3.8) is 0 Å². The summed E-state index contributed by atoms with van der Waals surface area (Å²) in [4.78, 5) is 0.379. The molecule has 1 nitrogen and oxygen atoms in total. The van der Waals surface area contributed by atoms with Gasteiger partial charge in [-0.1, -0.05) is 48.8 Å². The van der Waals surface area contributed by atoms with E-state index >= 15 is 0 Å². The van der Waals surface area contributed by atoms with Crippen molar-refractivity contribution in [2.45, 2.75) is 51.5 Å². The molecule has 1 unspecified atom stereocenters. The van der Waals surface area contributed by atoms with Crippen LogP contribution in [-0.2, 0) is 6.42 Å². The summed E-state index contributed by atoms with van der Waals surface area (Å²) in [5.74, 6) is 1.05. The zero-order valence-electron chi connectivity index (χ0n) is 11.3. The van der Waals surface area contributed by atoms with Gasteiger partial charge in [0.25, 0.3) is 0 Å². The van der Waals surface area contributed by atoms with Crippen molar-refractivity contribution in [1.82, 2.24) is 0 Å². The highest BCUT2D eigenvalue weighted by Crippen LogP contribution is 2.43. The quantitative estimate of drug-likeness (QED) is 0.671. The van der Waals surface area contributed by atoms with Crippen LogP contribution in [-0.4, -0.2) is 5.60 Å². The van der Waals surface area contributed by atoms with Crippen LogP contribution in [0.15, 0.2) is 18.2 Å². The second-order valence-electron chi connectivity index (χ2n) is 6.63. The Morgan fingerprint density at radius 3 is 2.53 bits per heavy atom. The lowest BCUT2D eigenvalue weighted by atomic mass is 9.87. The van der Waals surface area contributed by atoms with Gasteiger partial charge in [0.05, 0.1) is 0 Å². The van der Waals surface area contributed by atoms with E-state index in [1.807, 2.05) is 0 Å². The van der Waals surface area contributed by atoms with Gasteiger partial charge in [-0.3, -0.25) is 0 Å². The molecule has 1 aromatic carbocycles. The molecule has 1 heterocycles. The van der Waals surface area contributed by atoms with E-state index in [1.54, 1.807) is 0 Å². The number of fused-ring (bicyclic) bond motifs is 1. The molecular weight excluding hydrogens is 276 g/mol. The molecule has 0 amide bonds. The number of hydrogen-bond donors (Lipinski definition) is 0. The average Bonchev–Trinajstić information content (AvgIpc) is 2.47. The zero-order valence-corrected chi connectivity index (χ0v) is 12.9. The maximum atomic E-state index is 5.90. The van der Waals surface area contributed by atoms with Gasteiger partial charge in [0.2, 0.25) is 0 Å². The Bertz CT molecular complexity index is 429. The third kappa shape index (κ3) is 2.67. The van der Waals surface area contributed by atoms with Crippen LogP contribution in [0, 0.1) is 5.41 Å². The summed E-state index contributed by atoms with van der Waals surface area (Å²) in [5.41, 5.74) is 2.85. The number of ether oxygens (including phenoxy) is 1. The summed E-state index contributed by atoms with van der Waals surface area (Å²) >= 11 is 3.80. The van der Waals surface area contributed by atoms with Crippen LogP contribution in [0.2, 0.25) is 0 Å². The molecule has 0 spiro atoms. The van der Waals surface area contributed by atoms with E-state index in [0.717, 1.165) is 12.2 Å². The third-order valence-corrected chi connectivity index (χ3v) is 5.04. The second kappa shape index (κ2) is 4.01. The molecule has 0 bridgehead atoms. The minimum atomic E-state index is -0.0511. The van der Waals surface area contributed by atoms with Gasteiger partial charge in [-0.2, -0.15) is 0 Å². The first-order chi connectivity index (χ1) is 7.69. The summed E-state index contributed by atoms with van der Waals surface area (Å²) in [6.07, 6.45) is 1.00. The zero-order chi connectivity index (χ0) is 12.8. The molecule has 2 rings (SSSR count). The molecule has 0 aliphatic carbocycles. The van der Waals surface area contributed by atoms with Gasteiger partial charge in [-0.25, -0.2) is 0 Å². The molecule has 17 heavy (non-hydrogen) atoms. The molecule has 0 saturated carbocycles. The molecule has 0 fully saturated rings. The predicted molar refractivity (Wildman–Crippen MR) is 76.0 cm³/mol. The molecule has 0 N–H and O–H groups in total. The van der Waals surface area contributed by atoms with E-state index in [4.69, 9.17) is 4.74 Å². The van der Waals surface area contributed by atoms with Gasteiger partial charge >= 0.3 is 0 Å². The highest BCUT2D eigenvalue weighted by molar-refractivity contribution is 9.09. The number of benzene rings is 1. The standard InChI is InChI=1S/C15H21BrO/c1-14(2,3)13(16)10-6-7-12-11(8-10)9-15(4,5)17-12/h6-8,13H,9H2,1-5H3. The summed E-state index contributed by atoms with van der Waals surface area (Å²) in [7, 11) is 0. The Kier molecular flexibility index (Phi) is 3.05. The first-order valence-corrected chi connectivity index (χ1v) is 7.06. The van der Waals surface area contributed by atoms with Crippen LogP contribution >= 0.6 is 15.9 Å². The summed E-state index contributed by atoms with van der Waals surface area (Å²) in [5, 5.41) is 0. The van der Waals surface area contributed by atoms with Crippen molar-refractivity contribution in [3.05, 3.63) is 29.3 Å². The Morgan fingerprint density at radius 2 is 1.94 bits per heavy atom. The minimum Gasteiger partial charge on any atom is -0.487 e. The fourth-order valence-corrected chi connectivity index (χ4v) is 2.57. The molecular formula is C15H21BrO. The first kappa shape index (κ1) is 12.9. The van der Waals surface area contributed by atoms with E-state index in [1.165, 1.54) is 11.1 Å². The highest BCUT2D eigenvalue weighted by atomic mass is 79.9. The van der Waals surface area contributed by atoms with Gasteiger partial charge in [0.1, 0.15) is 11.4 Å².